The lowest BCUT2D eigenvalue weighted by Crippen LogP contribution is -2.08. The Balaban J connectivity index is 1.70. The molecule has 0 saturated carbocycles. The van der Waals surface area contributed by atoms with Gasteiger partial charge in [0.2, 0.25) is 0 Å². The molecule has 0 N–H and O–H groups in total. The van der Waals surface area contributed by atoms with Crippen molar-refractivity contribution in [2.24, 2.45) is 0 Å². The normalized spacial score (nSPS) is 11.1. The molecule has 0 fully saturated rings. The van der Waals surface area contributed by atoms with E-state index in [2.05, 4.69) is 28.6 Å². The highest BCUT2D eigenvalue weighted by atomic mass is 32.2. The molecule has 2 heterocycles. The summed E-state index contributed by atoms with van der Waals surface area (Å²) in [4.78, 5) is 17.3. The molecule has 0 saturated heterocycles. The fourth-order valence-electron chi connectivity index (χ4n) is 3.37. The summed E-state index contributed by atoms with van der Waals surface area (Å²) < 4.78 is 9.37. The number of rotatable bonds is 9. The Bertz CT molecular complexity index is 959. The van der Waals surface area contributed by atoms with Gasteiger partial charge in [-0.2, -0.15) is 0 Å². The molecule has 0 unspecified atom stereocenters. The minimum absolute atomic E-state index is 0.134. The Kier molecular flexibility index (Phi) is 6.75. The monoisotopic (exact) mass is 397 g/mol. The van der Waals surface area contributed by atoms with Gasteiger partial charge in [-0.3, -0.25) is 9.36 Å². The highest BCUT2D eigenvalue weighted by Crippen LogP contribution is 2.24. The lowest BCUT2D eigenvalue weighted by Gasteiger charge is -2.10. The van der Waals surface area contributed by atoms with E-state index >= 15 is 0 Å². The van der Waals surface area contributed by atoms with Gasteiger partial charge in [0.15, 0.2) is 10.9 Å². The van der Waals surface area contributed by atoms with Crippen LogP contribution in [0.2, 0.25) is 0 Å². The zero-order valence-corrected chi connectivity index (χ0v) is 17.8. The van der Waals surface area contributed by atoms with E-state index in [1.54, 1.807) is 13.3 Å². The number of Topliss-reactive ketones (excluding diaryl/α,β-unsaturated/α-hetero) is 1. The van der Waals surface area contributed by atoms with E-state index in [9.17, 15) is 4.79 Å². The summed E-state index contributed by atoms with van der Waals surface area (Å²) in [6.07, 6.45) is 4.64. The van der Waals surface area contributed by atoms with Crippen molar-refractivity contribution in [2.45, 2.75) is 38.9 Å². The van der Waals surface area contributed by atoms with Gasteiger partial charge in [-0.15, -0.1) is 0 Å². The molecule has 3 aromatic rings. The van der Waals surface area contributed by atoms with E-state index in [0.29, 0.717) is 5.75 Å². The Morgan fingerprint density at radius 2 is 2.04 bits per heavy atom. The Labute approximate surface area is 170 Å². The van der Waals surface area contributed by atoms with Crippen LogP contribution in [-0.2, 0) is 11.3 Å². The largest absolute Gasteiger partial charge is 0.385 e. The first-order valence-corrected chi connectivity index (χ1v) is 10.4. The lowest BCUT2D eigenvalue weighted by molar-refractivity contribution is 0.102. The van der Waals surface area contributed by atoms with Gasteiger partial charge in [0.05, 0.1) is 5.75 Å². The quantitative estimate of drug-likeness (QED) is 0.301. The Morgan fingerprint density at radius 3 is 2.79 bits per heavy atom. The fourth-order valence-corrected chi connectivity index (χ4v) is 4.23. The van der Waals surface area contributed by atoms with Gasteiger partial charge >= 0.3 is 0 Å². The van der Waals surface area contributed by atoms with Gasteiger partial charge < -0.3 is 9.30 Å². The molecule has 5 nitrogen and oxygen atoms in total. The van der Waals surface area contributed by atoms with Crippen LogP contribution >= 0.6 is 11.8 Å². The van der Waals surface area contributed by atoms with Gasteiger partial charge in [0, 0.05) is 55.3 Å². The van der Waals surface area contributed by atoms with Crippen molar-refractivity contribution in [1.29, 1.82) is 0 Å². The molecule has 0 bridgehead atoms. The molecule has 3 rings (SSSR count). The van der Waals surface area contributed by atoms with Crippen LogP contribution in [0.4, 0.5) is 0 Å². The van der Waals surface area contributed by atoms with Crippen LogP contribution in [0.5, 0.6) is 0 Å². The van der Waals surface area contributed by atoms with Crippen molar-refractivity contribution in [2.75, 3.05) is 19.5 Å². The number of ketones is 1. The standard InChI is InChI=1S/C22H27N3O2S/c1-16-7-5-8-19(13-16)25-11-9-23-22(25)28-15-21(26)20-14-17(2)24(18(20)3)10-6-12-27-4/h5,7-9,11,13-14H,6,10,12,15H2,1-4H3. The fraction of sp³-hybridized carbons (Fsp3) is 0.364. The van der Waals surface area contributed by atoms with Crippen LogP contribution in [0.1, 0.15) is 33.7 Å². The number of imidazole rings is 1. The molecule has 6 heteroatoms. The predicted molar refractivity (Wildman–Crippen MR) is 114 cm³/mol. The van der Waals surface area contributed by atoms with Crippen molar-refractivity contribution in [3.05, 3.63) is 65.2 Å². The summed E-state index contributed by atoms with van der Waals surface area (Å²) in [6.45, 7) is 7.72. The van der Waals surface area contributed by atoms with Crippen LogP contribution < -0.4 is 0 Å². The maximum Gasteiger partial charge on any atom is 0.175 e. The summed E-state index contributed by atoms with van der Waals surface area (Å²) in [5.41, 5.74) is 5.20. The second-order valence-electron chi connectivity index (χ2n) is 6.91. The molecular weight excluding hydrogens is 370 g/mol. The van der Waals surface area contributed by atoms with Crippen molar-refractivity contribution in [1.82, 2.24) is 14.1 Å². The minimum Gasteiger partial charge on any atom is -0.385 e. The number of carbonyl (C=O) groups is 1. The molecule has 0 aliphatic rings. The maximum atomic E-state index is 12.9. The van der Waals surface area contributed by atoms with E-state index in [-0.39, 0.29) is 5.78 Å². The van der Waals surface area contributed by atoms with E-state index < -0.39 is 0 Å². The number of methoxy groups -OCH3 is 1. The van der Waals surface area contributed by atoms with E-state index in [4.69, 9.17) is 4.74 Å². The van der Waals surface area contributed by atoms with Crippen LogP contribution in [0.15, 0.2) is 47.9 Å². The van der Waals surface area contributed by atoms with E-state index in [1.165, 1.54) is 17.3 Å². The van der Waals surface area contributed by atoms with Gasteiger partial charge in [-0.05, 0) is 51.0 Å². The zero-order chi connectivity index (χ0) is 20.1. The number of aryl methyl sites for hydroxylation is 2. The number of ether oxygens (including phenoxy) is 1. The van der Waals surface area contributed by atoms with Crippen molar-refractivity contribution in [3.8, 4) is 5.69 Å². The number of hydrogen-bond donors (Lipinski definition) is 0. The molecule has 2 aromatic heterocycles. The highest BCUT2D eigenvalue weighted by Gasteiger charge is 2.17. The summed E-state index contributed by atoms with van der Waals surface area (Å²) >= 11 is 1.48. The molecule has 0 amide bonds. The van der Waals surface area contributed by atoms with Gasteiger partial charge in [0.1, 0.15) is 0 Å². The number of thioether (sulfide) groups is 1. The minimum atomic E-state index is 0.134. The SMILES string of the molecule is COCCCn1c(C)cc(C(=O)CSc2nccn2-c2cccc(C)c2)c1C. The average molecular weight is 398 g/mol. The van der Waals surface area contributed by atoms with Gasteiger partial charge in [0.25, 0.3) is 0 Å². The summed E-state index contributed by atoms with van der Waals surface area (Å²) in [6, 6.07) is 10.3. The number of hydrogen-bond acceptors (Lipinski definition) is 4. The van der Waals surface area contributed by atoms with Crippen molar-refractivity contribution in [3.63, 3.8) is 0 Å². The summed E-state index contributed by atoms with van der Waals surface area (Å²) in [5, 5.41) is 0.827. The average Bonchev–Trinajstić information content (AvgIpc) is 3.26. The highest BCUT2D eigenvalue weighted by molar-refractivity contribution is 7.99. The molecule has 0 spiro atoms. The predicted octanol–water partition coefficient (Wildman–Crippen LogP) is 4.61. The maximum absolute atomic E-state index is 12.9. The first-order chi connectivity index (χ1) is 13.5. The molecule has 148 valence electrons. The van der Waals surface area contributed by atoms with Crippen LogP contribution in [0, 0.1) is 20.8 Å². The van der Waals surface area contributed by atoms with Gasteiger partial charge in [-0.25, -0.2) is 4.98 Å². The number of carbonyl (C=O) groups excluding carboxylic acids is 1. The molecule has 0 aliphatic heterocycles. The second kappa shape index (κ2) is 9.26. The molecule has 0 radical (unpaired) electrons. The summed E-state index contributed by atoms with van der Waals surface area (Å²) in [7, 11) is 1.71. The molecule has 0 aliphatic carbocycles. The van der Waals surface area contributed by atoms with Crippen LogP contribution in [0.3, 0.4) is 0 Å². The topological polar surface area (TPSA) is 49.1 Å². The second-order valence-corrected chi connectivity index (χ2v) is 7.86. The number of nitrogens with zero attached hydrogens (tertiary/aromatic N) is 3. The first-order valence-electron chi connectivity index (χ1n) is 9.43. The third-order valence-corrected chi connectivity index (χ3v) is 5.79. The number of benzene rings is 1. The smallest absolute Gasteiger partial charge is 0.175 e. The number of aromatic nitrogens is 3. The summed E-state index contributed by atoms with van der Waals surface area (Å²) in [5.74, 6) is 0.500. The third kappa shape index (κ3) is 4.56. The molecule has 0 atom stereocenters. The Morgan fingerprint density at radius 1 is 1.21 bits per heavy atom. The first kappa shape index (κ1) is 20.4. The Hall–Kier alpha value is -2.31. The van der Waals surface area contributed by atoms with Crippen LogP contribution in [-0.4, -0.2) is 39.4 Å². The third-order valence-electron chi connectivity index (χ3n) is 4.82. The van der Waals surface area contributed by atoms with Gasteiger partial charge in [-0.1, -0.05) is 23.9 Å². The molecular formula is C22H27N3O2S. The lowest BCUT2D eigenvalue weighted by atomic mass is 10.2. The van der Waals surface area contributed by atoms with Crippen molar-refractivity contribution < 1.29 is 9.53 Å². The molecule has 28 heavy (non-hydrogen) atoms. The van der Waals surface area contributed by atoms with Crippen LogP contribution in [0.25, 0.3) is 5.69 Å². The zero-order valence-electron chi connectivity index (χ0n) is 16.9. The molecule has 1 aromatic carbocycles. The van der Waals surface area contributed by atoms with Crippen molar-refractivity contribution >= 4 is 17.5 Å². The van der Waals surface area contributed by atoms with E-state index in [0.717, 1.165) is 47.4 Å². The van der Waals surface area contributed by atoms with E-state index in [1.807, 2.05) is 42.8 Å².